The Bertz CT molecular complexity index is 393. The molecular weight excluding hydrogens is 278 g/mol. The SMILES string of the molecule is Brc1ccccc1OC1CC2(CCNCC2)C1. The van der Waals surface area contributed by atoms with Gasteiger partial charge in [0.15, 0.2) is 0 Å². The van der Waals surface area contributed by atoms with Crippen LogP contribution in [0.15, 0.2) is 28.7 Å². The van der Waals surface area contributed by atoms with Gasteiger partial charge in [-0.2, -0.15) is 0 Å². The Kier molecular flexibility index (Phi) is 3.14. The summed E-state index contributed by atoms with van der Waals surface area (Å²) in [6.07, 6.45) is 5.53. The van der Waals surface area contributed by atoms with E-state index in [4.69, 9.17) is 4.74 Å². The maximum atomic E-state index is 6.04. The second-order valence-electron chi connectivity index (χ2n) is 5.33. The van der Waals surface area contributed by atoms with E-state index in [-0.39, 0.29) is 0 Å². The topological polar surface area (TPSA) is 21.3 Å². The van der Waals surface area contributed by atoms with E-state index >= 15 is 0 Å². The molecule has 1 aliphatic carbocycles. The van der Waals surface area contributed by atoms with Crippen LogP contribution in [0.1, 0.15) is 25.7 Å². The van der Waals surface area contributed by atoms with Crippen molar-refractivity contribution in [3.63, 3.8) is 0 Å². The van der Waals surface area contributed by atoms with Crippen molar-refractivity contribution in [3.05, 3.63) is 28.7 Å². The second-order valence-corrected chi connectivity index (χ2v) is 6.18. The second kappa shape index (κ2) is 4.62. The molecule has 0 amide bonds. The van der Waals surface area contributed by atoms with Crippen LogP contribution < -0.4 is 10.1 Å². The number of benzene rings is 1. The summed E-state index contributed by atoms with van der Waals surface area (Å²) in [4.78, 5) is 0. The highest BCUT2D eigenvalue weighted by atomic mass is 79.9. The van der Waals surface area contributed by atoms with Crippen molar-refractivity contribution < 1.29 is 4.74 Å². The molecule has 1 aromatic carbocycles. The summed E-state index contributed by atoms with van der Waals surface area (Å²) in [7, 11) is 0. The van der Waals surface area contributed by atoms with Crippen LogP contribution in [0.25, 0.3) is 0 Å². The molecule has 92 valence electrons. The van der Waals surface area contributed by atoms with Crippen LogP contribution in [0.3, 0.4) is 0 Å². The highest BCUT2D eigenvalue weighted by Gasteiger charge is 2.45. The van der Waals surface area contributed by atoms with Crippen molar-refractivity contribution >= 4 is 15.9 Å². The molecule has 2 fully saturated rings. The quantitative estimate of drug-likeness (QED) is 0.903. The van der Waals surface area contributed by atoms with E-state index in [1.807, 2.05) is 24.3 Å². The van der Waals surface area contributed by atoms with Gasteiger partial charge in [0, 0.05) is 0 Å². The molecule has 1 saturated carbocycles. The number of halogens is 1. The Morgan fingerprint density at radius 3 is 2.59 bits per heavy atom. The average Bonchev–Trinajstić information content (AvgIpc) is 2.31. The summed E-state index contributed by atoms with van der Waals surface area (Å²) in [5.74, 6) is 0.987. The number of rotatable bonds is 2. The van der Waals surface area contributed by atoms with Crippen molar-refractivity contribution in [3.8, 4) is 5.75 Å². The molecule has 1 aromatic rings. The predicted octanol–water partition coefficient (Wildman–Crippen LogP) is 3.36. The number of nitrogens with one attached hydrogen (secondary N) is 1. The normalized spacial score (nSPS) is 23.4. The van der Waals surface area contributed by atoms with Crippen LogP contribution in [0.2, 0.25) is 0 Å². The molecule has 1 N–H and O–H groups in total. The van der Waals surface area contributed by atoms with Crippen molar-refractivity contribution in [1.29, 1.82) is 0 Å². The van der Waals surface area contributed by atoms with E-state index in [1.54, 1.807) is 0 Å². The third-order valence-corrected chi connectivity index (χ3v) is 4.77. The van der Waals surface area contributed by atoms with Crippen molar-refractivity contribution in [2.45, 2.75) is 31.8 Å². The molecular formula is C14H18BrNO. The van der Waals surface area contributed by atoms with Gasteiger partial charge < -0.3 is 10.1 Å². The van der Waals surface area contributed by atoms with Gasteiger partial charge in [0.2, 0.25) is 0 Å². The minimum Gasteiger partial charge on any atom is -0.489 e. The first-order valence-electron chi connectivity index (χ1n) is 6.39. The van der Waals surface area contributed by atoms with Gasteiger partial charge in [-0.1, -0.05) is 12.1 Å². The first kappa shape index (κ1) is 11.5. The lowest BCUT2D eigenvalue weighted by Gasteiger charge is -2.49. The van der Waals surface area contributed by atoms with Gasteiger partial charge in [-0.3, -0.25) is 0 Å². The Morgan fingerprint density at radius 2 is 1.88 bits per heavy atom. The molecule has 1 saturated heterocycles. The molecule has 17 heavy (non-hydrogen) atoms. The van der Waals surface area contributed by atoms with Gasteiger partial charge in [-0.05, 0) is 72.3 Å². The van der Waals surface area contributed by atoms with E-state index in [0.717, 1.165) is 10.2 Å². The molecule has 1 spiro atoms. The van der Waals surface area contributed by atoms with Crippen LogP contribution in [0.5, 0.6) is 5.75 Å². The summed E-state index contributed by atoms with van der Waals surface area (Å²) in [6.45, 7) is 2.36. The average molecular weight is 296 g/mol. The fraction of sp³-hybridized carbons (Fsp3) is 0.571. The zero-order valence-corrected chi connectivity index (χ0v) is 11.5. The van der Waals surface area contributed by atoms with Crippen molar-refractivity contribution in [1.82, 2.24) is 5.32 Å². The zero-order chi connectivity index (χ0) is 11.7. The Labute approximate surface area is 111 Å². The third kappa shape index (κ3) is 2.36. The lowest BCUT2D eigenvalue weighted by atomic mass is 9.62. The molecule has 3 rings (SSSR count). The smallest absolute Gasteiger partial charge is 0.133 e. The first-order valence-corrected chi connectivity index (χ1v) is 7.19. The van der Waals surface area contributed by atoms with E-state index in [2.05, 4.69) is 21.2 Å². The molecule has 1 aliphatic heterocycles. The van der Waals surface area contributed by atoms with Gasteiger partial charge in [-0.15, -0.1) is 0 Å². The number of hydrogen-bond donors (Lipinski definition) is 1. The molecule has 0 unspecified atom stereocenters. The number of piperidine rings is 1. The number of hydrogen-bond acceptors (Lipinski definition) is 2. The van der Waals surface area contributed by atoms with E-state index in [0.29, 0.717) is 11.5 Å². The highest BCUT2D eigenvalue weighted by Crippen LogP contribution is 2.49. The van der Waals surface area contributed by atoms with Crippen molar-refractivity contribution in [2.24, 2.45) is 5.41 Å². The molecule has 3 heteroatoms. The van der Waals surface area contributed by atoms with Crippen LogP contribution in [0.4, 0.5) is 0 Å². The Hall–Kier alpha value is -0.540. The van der Waals surface area contributed by atoms with Crippen LogP contribution in [-0.4, -0.2) is 19.2 Å². The predicted molar refractivity (Wildman–Crippen MR) is 72.3 cm³/mol. The van der Waals surface area contributed by atoms with Gasteiger partial charge in [0.1, 0.15) is 5.75 Å². The fourth-order valence-corrected chi connectivity index (χ4v) is 3.45. The fourth-order valence-electron chi connectivity index (χ4n) is 3.07. The molecule has 0 atom stereocenters. The van der Waals surface area contributed by atoms with Crippen molar-refractivity contribution in [2.75, 3.05) is 13.1 Å². The number of para-hydroxylation sites is 1. The summed E-state index contributed by atoms with van der Waals surface area (Å²) in [5, 5.41) is 3.43. The van der Waals surface area contributed by atoms with E-state index in [1.165, 1.54) is 38.8 Å². The van der Waals surface area contributed by atoms with E-state index in [9.17, 15) is 0 Å². The molecule has 2 nitrogen and oxygen atoms in total. The lowest BCUT2D eigenvalue weighted by Crippen LogP contribution is -2.49. The monoisotopic (exact) mass is 295 g/mol. The molecule has 1 heterocycles. The number of ether oxygens (including phenoxy) is 1. The van der Waals surface area contributed by atoms with Gasteiger partial charge in [-0.25, -0.2) is 0 Å². The maximum Gasteiger partial charge on any atom is 0.133 e. The Balaban J connectivity index is 1.58. The van der Waals surface area contributed by atoms with E-state index < -0.39 is 0 Å². The first-order chi connectivity index (χ1) is 8.27. The van der Waals surface area contributed by atoms with Gasteiger partial charge >= 0.3 is 0 Å². The minimum atomic E-state index is 0.423. The molecule has 0 bridgehead atoms. The van der Waals surface area contributed by atoms with Gasteiger partial charge in [0.25, 0.3) is 0 Å². The van der Waals surface area contributed by atoms with Crippen LogP contribution in [-0.2, 0) is 0 Å². The molecule has 0 radical (unpaired) electrons. The Morgan fingerprint density at radius 1 is 1.18 bits per heavy atom. The highest BCUT2D eigenvalue weighted by molar-refractivity contribution is 9.10. The summed E-state index contributed by atoms with van der Waals surface area (Å²) < 4.78 is 7.10. The van der Waals surface area contributed by atoms with Crippen LogP contribution in [0, 0.1) is 5.41 Å². The third-order valence-electron chi connectivity index (χ3n) is 4.12. The summed E-state index contributed by atoms with van der Waals surface area (Å²) in [5.41, 5.74) is 0.594. The zero-order valence-electron chi connectivity index (χ0n) is 9.92. The standard InChI is InChI=1S/C14H18BrNO/c15-12-3-1-2-4-13(12)17-11-9-14(10-11)5-7-16-8-6-14/h1-4,11,16H,5-10H2. The minimum absolute atomic E-state index is 0.423. The van der Waals surface area contributed by atoms with Crippen LogP contribution >= 0.6 is 15.9 Å². The molecule has 0 aromatic heterocycles. The summed E-state index contributed by atoms with van der Waals surface area (Å²) in [6, 6.07) is 8.12. The maximum absolute atomic E-state index is 6.04. The largest absolute Gasteiger partial charge is 0.489 e. The van der Waals surface area contributed by atoms with Gasteiger partial charge in [0.05, 0.1) is 10.6 Å². The lowest BCUT2D eigenvalue weighted by molar-refractivity contribution is -0.0350. The summed E-state index contributed by atoms with van der Waals surface area (Å²) >= 11 is 3.53. The molecule has 2 aliphatic rings.